The molecule has 2 heterocycles. The maximum Gasteiger partial charge on any atom is 0.307 e. The Morgan fingerprint density at radius 3 is 2.44 bits per heavy atom. The molecule has 0 atom stereocenters. The summed E-state index contributed by atoms with van der Waals surface area (Å²) in [5.74, 6) is -1.70. The van der Waals surface area contributed by atoms with Crippen molar-refractivity contribution in [2.45, 2.75) is 25.2 Å². The molecule has 0 bridgehead atoms. The van der Waals surface area contributed by atoms with Gasteiger partial charge in [-0.15, -0.1) is 0 Å². The molecule has 0 radical (unpaired) electrons. The van der Waals surface area contributed by atoms with Crippen molar-refractivity contribution in [3.8, 4) is 0 Å². The lowest BCUT2D eigenvalue weighted by molar-refractivity contribution is -0.136. The second kappa shape index (κ2) is 8.08. The SMILES string of the molecule is Cc1cncc(Nc2ccc(S(=O)(=O)n3c(C)c(CC(=O)O)c4cc(F)ccc43)cc2)c1. The van der Waals surface area contributed by atoms with E-state index in [9.17, 15) is 22.7 Å². The zero-order valence-electron chi connectivity index (χ0n) is 17.3. The van der Waals surface area contributed by atoms with Crippen LogP contribution >= 0.6 is 0 Å². The normalized spacial score (nSPS) is 11.6. The van der Waals surface area contributed by atoms with Gasteiger partial charge in [0.2, 0.25) is 0 Å². The lowest BCUT2D eigenvalue weighted by Crippen LogP contribution is -2.15. The fraction of sp³-hybridized carbons (Fsp3) is 0.130. The number of hydrogen-bond acceptors (Lipinski definition) is 5. The van der Waals surface area contributed by atoms with E-state index >= 15 is 0 Å². The van der Waals surface area contributed by atoms with Gasteiger partial charge in [-0.05, 0) is 73.5 Å². The second-order valence-corrected chi connectivity index (χ2v) is 9.25. The molecule has 32 heavy (non-hydrogen) atoms. The predicted octanol–water partition coefficient (Wildman–Crippen LogP) is 4.40. The van der Waals surface area contributed by atoms with E-state index < -0.39 is 28.2 Å². The number of nitrogens with zero attached hydrogens (tertiary/aromatic N) is 2. The highest BCUT2D eigenvalue weighted by Crippen LogP contribution is 2.31. The van der Waals surface area contributed by atoms with Gasteiger partial charge in [-0.2, -0.15) is 0 Å². The minimum Gasteiger partial charge on any atom is -0.481 e. The summed E-state index contributed by atoms with van der Waals surface area (Å²) in [5.41, 5.74) is 3.17. The maximum atomic E-state index is 13.8. The minimum atomic E-state index is -4.06. The van der Waals surface area contributed by atoms with Gasteiger partial charge in [-0.3, -0.25) is 9.78 Å². The molecule has 0 aliphatic rings. The molecule has 2 aromatic carbocycles. The Labute approximate surface area is 184 Å². The highest BCUT2D eigenvalue weighted by Gasteiger charge is 2.26. The van der Waals surface area contributed by atoms with Crippen molar-refractivity contribution in [2.24, 2.45) is 0 Å². The monoisotopic (exact) mass is 453 g/mol. The van der Waals surface area contributed by atoms with Crippen LogP contribution in [0.25, 0.3) is 10.9 Å². The molecule has 9 heteroatoms. The quantitative estimate of drug-likeness (QED) is 0.449. The smallest absolute Gasteiger partial charge is 0.307 e. The van der Waals surface area contributed by atoms with E-state index in [0.29, 0.717) is 5.69 Å². The van der Waals surface area contributed by atoms with Crippen LogP contribution in [0.5, 0.6) is 0 Å². The van der Waals surface area contributed by atoms with Gasteiger partial charge < -0.3 is 10.4 Å². The number of halogens is 1. The van der Waals surface area contributed by atoms with Gasteiger partial charge in [0.15, 0.2) is 0 Å². The number of hydrogen-bond donors (Lipinski definition) is 2. The predicted molar refractivity (Wildman–Crippen MR) is 119 cm³/mol. The number of benzene rings is 2. The number of carboxylic acid groups (broad SMARTS) is 1. The molecule has 0 unspecified atom stereocenters. The van der Waals surface area contributed by atoms with Gasteiger partial charge in [0.1, 0.15) is 5.82 Å². The first kappa shape index (κ1) is 21.5. The highest BCUT2D eigenvalue weighted by atomic mass is 32.2. The molecule has 164 valence electrons. The highest BCUT2D eigenvalue weighted by molar-refractivity contribution is 7.90. The summed E-state index contributed by atoms with van der Waals surface area (Å²) in [7, 11) is -4.06. The first-order chi connectivity index (χ1) is 15.2. The molecule has 0 aliphatic heterocycles. The van der Waals surface area contributed by atoms with E-state index in [1.807, 2.05) is 13.0 Å². The number of aryl methyl sites for hydroxylation is 1. The molecule has 0 saturated heterocycles. The van der Waals surface area contributed by atoms with Crippen molar-refractivity contribution in [1.29, 1.82) is 0 Å². The van der Waals surface area contributed by atoms with Gasteiger partial charge in [0.25, 0.3) is 10.0 Å². The molecule has 2 N–H and O–H groups in total. The molecule has 7 nitrogen and oxygen atoms in total. The second-order valence-electron chi connectivity index (χ2n) is 7.47. The van der Waals surface area contributed by atoms with E-state index in [0.717, 1.165) is 27.4 Å². The van der Waals surface area contributed by atoms with Gasteiger partial charge in [-0.25, -0.2) is 16.8 Å². The minimum absolute atomic E-state index is 0.0246. The zero-order valence-corrected chi connectivity index (χ0v) is 18.1. The molecule has 0 fully saturated rings. The van der Waals surface area contributed by atoms with Crippen LogP contribution in [0, 0.1) is 19.7 Å². The van der Waals surface area contributed by atoms with Crippen LogP contribution in [0.15, 0.2) is 65.8 Å². The lowest BCUT2D eigenvalue weighted by atomic mass is 10.1. The Morgan fingerprint density at radius 2 is 1.78 bits per heavy atom. The van der Waals surface area contributed by atoms with E-state index in [-0.39, 0.29) is 27.1 Å². The summed E-state index contributed by atoms with van der Waals surface area (Å²) in [5, 5.41) is 12.7. The fourth-order valence-electron chi connectivity index (χ4n) is 3.71. The summed E-state index contributed by atoms with van der Waals surface area (Å²) < 4.78 is 41.8. The number of aliphatic carboxylic acids is 1. The molecule has 0 amide bonds. The summed E-state index contributed by atoms with van der Waals surface area (Å²) >= 11 is 0. The van der Waals surface area contributed by atoms with Crippen molar-refractivity contribution in [3.05, 3.63) is 83.6 Å². The van der Waals surface area contributed by atoms with Crippen molar-refractivity contribution in [1.82, 2.24) is 8.96 Å². The van der Waals surface area contributed by atoms with Crippen LogP contribution < -0.4 is 5.32 Å². The van der Waals surface area contributed by atoms with Crippen molar-refractivity contribution in [2.75, 3.05) is 5.32 Å². The topological polar surface area (TPSA) is 101 Å². The van der Waals surface area contributed by atoms with Crippen LogP contribution in [-0.4, -0.2) is 28.5 Å². The van der Waals surface area contributed by atoms with E-state index in [2.05, 4.69) is 10.3 Å². The summed E-state index contributed by atoms with van der Waals surface area (Å²) in [6.07, 6.45) is 2.98. The summed E-state index contributed by atoms with van der Waals surface area (Å²) in [6.45, 7) is 3.44. The first-order valence-electron chi connectivity index (χ1n) is 9.72. The number of carbonyl (C=O) groups is 1. The number of carboxylic acids is 1. The van der Waals surface area contributed by atoms with E-state index in [4.69, 9.17) is 0 Å². The Hall–Kier alpha value is -3.72. The van der Waals surface area contributed by atoms with Gasteiger partial charge in [0, 0.05) is 23.0 Å². The fourth-order valence-corrected chi connectivity index (χ4v) is 5.29. The standard InChI is InChI=1S/C23H20FN3O4S/c1-14-9-18(13-25-12-14)26-17-4-6-19(7-5-17)32(30,31)27-15(2)20(11-23(28)29)21-10-16(24)3-8-22(21)27/h3-10,12-13,26H,11H2,1-2H3,(H,28,29). The molecule has 4 rings (SSSR count). The Kier molecular flexibility index (Phi) is 5.43. The Bertz CT molecular complexity index is 1440. The van der Waals surface area contributed by atoms with Crippen LogP contribution in [-0.2, 0) is 21.2 Å². The van der Waals surface area contributed by atoms with Gasteiger partial charge in [-0.1, -0.05) is 0 Å². The number of nitrogens with one attached hydrogen (secondary N) is 1. The molecule has 2 aromatic heterocycles. The Morgan fingerprint density at radius 1 is 1.06 bits per heavy atom. The largest absolute Gasteiger partial charge is 0.481 e. The number of pyridine rings is 1. The average molecular weight is 453 g/mol. The van der Waals surface area contributed by atoms with Crippen molar-refractivity contribution < 1.29 is 22.7 Å². The third kappa shape index (κ3) is 3.94. The molecule has 4 aromatic rings. The van der Waals surface area contributed by atoms with Gasteiger partial charge in [0.05, 0.1) is 28.7 Å². The van der Waals surface area contributed by atoms with E-state index in [1.165, 1.54) is 25.1 Å². The molecule has 0 aliphatic carbocycles. The maximum absolute atomic E-state index is 13.8. The Balaban J connectivity index is 1.76. The number of fused-ring (bicyclic) bond motifs is 1. The summed E-state index contributed by atoms with van der Waals surface area (Å²) in [6, 6.07) is 11.8. The average Bonchev–Trinajstić information content (AvgIpc) is 2.99. The first-order valence-corrected chi connectivity index (χ1v) is 11.2. The number of rotatable bonds is 6. The van der Waals surface area contributed by atoms with Crippen molar-refractivity contribution >= 4 is 38.3 Å². The molecular weight excluding hydrogens is 433 g/mol. The van der Waals surface area contributed by atoms with Crippen molar-refractivity contribution in [3.63, 3.8) is 0 Å². The summed E-state index contributed by atoms with van der Waals surface area (Å²) in [4.78, 5) is 15.5. The van der Waals surface area contributed by atoms with Crippen LogP contribution in [0.4, 0.5) is 15.8 Å². The molecule has 0 saturated carbocycles. The third-order valence-corrected chi connectivity index (χ3v) is 6.95. The van der Waals surface area contributed by atoms with Gasteiger partial charge >= 0.3 is 5.97 Å². The van der Waals surface area contributed by atoms with Crippen LogP contribution in [0.3, 0.4) is 0 Å². The third-order valence-electron chi connectivity index (χ3n) is 5.13. The van der Waals surface area contributed by atoms with E-state index in [1.54, 1.807) is 24.5 Å². The number of aromatic nitrogens is 2. The molecule has 0 spiro atoms. The molecular formula is C23H20FN3O4S. The number of anilines is 2. The zero-order chi connectivity index (χ0) is 23.0. The van der Waals surface area contributed by atoms with Crippen LogP contribution in [0.2, 0.25) is 0 Å². The van der Waals surface area contributed by atoms with Crippen LogP contribution in [0.1, 0.15) is 16.8 Å². The lowest BCUT2D eigenvalue weighted by Gasteiger charge is -2.12.